The standard InChI is InChI=1S/C16H16ClFN2O/c1-3-19-14-6-4-11(8-10(14)2)16(21)20-15-7-5-12(17)9-13(15)18/h4-9,19H,3H2,1-2H3,(H,20,21). The quantitative estimate of drug-likeness (QED) is 0.875. The van der Waals surface area contributed by atoms with E-state index in [1.807, 2.05) is 19.9 Å². The van der Waals surface area contributed by atoms with E-state index in [1.54, 1.807) is 12.1 Å². The molecule has 110 valence electrons. The molecule has 2 rings (SSSR count). The number of halogens is 2. The number of aryl methyl sites for hydroxylation is 1. The van der Waals surface area contributed by atoms with Crippen LogP contribution in [0.4, 0.5) is 15.8 Å². The monoisotopic (exact) mass is 306 g/mol. The average molecular weight is 307 g/mol. The fraction of sp³-hybridized carbons (Fsp3) is 0.188. The minimum atomic E-state index is -0.558. The lowest BCUT2D eigenvalue weighted by molar-refractivity contribution is 0.102. The maximum atomic E-state index is 13.7. The number of nitrogens with one attached hydrogen (secondary N) is 2. The summed E-state index contributed by atoms with van der Waals surface area (Å²) in [6.07, 6.45) is 0. The fourth-order valence-corrected chi connectivity index (χ4v) is 2.14. The van der Waals surface area contributed by atoms with Gasteiger partial charge in [-0.2, -0.15) is 0 Å². The first-order valence-electron chi connectivity index (χ1n) is 6.62. The first-order chi connectivity index (χ1) is 10.0. The Hall–Kier alpha value is -2.07. The lowest BCUT2D eigenvalue weighted by Gasteiger charge is -2.10. The topological polar surface area (TPSA) is 41.1 Å². The molecule has 21 heavy (non-hydrogen) atoms. The SMILES string of the molecule is CCNc1ccc(C(=O)Nc2ccc(Cl)cc2F)cc1C. The number of benzene rings is 2. The number of hydrogen-bond acceptors (Lipinski definition) is 2. The second-order valence-electron chi connectivity index (χ2n) is 4.64. The molecule has 0 bridgehead atoms. The second-order valence-corrected chi connectivity index (χ2v) is 5.07. The van der Waals surface area contributed by atoms with Gasteiger partial charge in [0, 0.05) is 22.8 Å². The summed E-state index contributed by atoms with van der Waals surface area (Å²) in [4.78, 5) is 12.1. The molecule has 0 saturated carbocycles. The molecule has 2 aromatic rings. The van der Waals surface area contributed by atoms with E-state index in [0.29, 0.717) is 5.56 Å². The van der Waals surface area contributed by atoms with Gasteiger partial charge in [-0.25, -0.2) is 4.39 Å². The molecule has 0 radical (unpaired) electrons. The van der Waals surface area contributed by atoms with Gasteiger partial charge in [-0.1, -0.05) is 11.6 Å². The van der Waals surface area contributed by atoms with E-state index in [4.69, 9.17) is 11.6 Å². The van der Waals surface area contributed by atoms with Gasteiger partial charge in [-0.05, 0) is 55.8 Å². The van der Waals surface area contributed by atoms with Crippen LogP contribution in [0.2, 0.25) is 5.02 Å². The first-order valence-corrected chi connectivity index (χ1v) is 7.00. The Kier molecular flexibility index (Phi) is 4.81. The smallest absolute Gasteiger partial charge is 0.255 e. The van der Waals surface area contributed by atoms with Gasteiger partial charge in [-0.15, -0.1) is 0 Å². The minimum Gasteiger partial charge on any atom is -0.385 e. The molecule has 0 unspecified atom stereocenters. The molecule has 0 fully saturated rings. The van der Waals surface area contributed by atoms with Crippen molar-refractivity contribution in [3.8, 4) is 0 Å². The van der Waals surface area contributed by atoms with Crippen molar-refractivity contribution in [3.63, 3.8) is 0 Å². The Balaban J connectivity index is 2.18. The summed E-state index contributed by atoms with van der Waals surface area (Å²) in [5.74, 6) is -0.917. The van der Waals surface area contributed by atoms with Crippen LogP contribution in [0.15, 0.2) is 36.4 Å². The third kappa shape index (κ3) is 3.73. The van der Waals surface area contributed by atoms with Gasteiger partial charge in [-0.3, -0.25) is 4.79 Å². The molecule has 1 amide bonds. The lowest BCUT2D eigenvalue weighted by Crippen LogP contribution is -2.13. The average Bonchev–Trinajstić information content (AvgIpc) is 2.44. The number of anilines is 2. The van der Waals surface area contributed by atoms with E-state index in [1.165, 1.54) is 12.1 Å². The lowest BCUT2D eigenvalue weighted by atomic mass is 10.1. The molecule has 0 aliphatic carbocycles. The summed E-state index contributed by atoms with van der Waals surface area (Å²) in [5.41, 5.74) is 2.52. The normalized spacial score (nSPS) is 10.3. The van der Waals surface area contributed by atoms with Crippen LogP contribution in [0.1, 0.15) is 22.8 Å². The van der Waals surface area contributed by atoms with Crippen molar-refractivity contribution < 1.29 is 9.18 Å². The Morgan fingerprint density at radius 3 is 2.52 bits per heavy atom. The Bertz CT molecular complexity index is 673. The molecular formula is C16H16ClFN2O. The van der Waals surface area contributed by atoms with Gasteiger partial charge < -0.3 is 10.6 Å². The highest BCUT2D eigenvalue weighted by Gasteiger charge is 2.11. The second kappa shape index (κ2) is 6.59. The van der Waals surface area contributed by atoms with Gasteiger partial charge in [0.05, 0.1) is 5.69 Å². The van der Waals surface area contributed by atoms with Crippen molar-refractivity contribution >= 4 is 28.9 Å². The summed E-state index contributed by atoms with van der Waals surface area (Å²) in [7, 11) is 0. The zero-order valence-corrected chi connectivity index (χ0v) is 12.6. The molecule has 0 aliphatic heterocycles. The molecule has 3 nitrogen and oxygen atoms in total. The minimum absolute atomic E-state index is 0.109. The molecule has 0 saturated heterocycles. The van der Waals surface area contributed by atoms with Gasteiger partial charge in [0.15, 0.2) is 0 Å². The zero-order chi connectivity index (χ0) is 15.4. The number of hydrogen-bond donors (Lipinski definition) is 2. The third-order valence-electron chi connectivity index (χ3n) is 3.04. The summed E-state index contributed by atoms with van der Waals surface area (Å²) >= 11 is 5.68. The third-order valence-corrected chi connectivity index (χ3v) is 3.27. The predicted molar refractivity (Wildman–Crippen MR) is 84.7 cm³/mol. The molecule has 0 atom stereocenters. The summed E-state index contributed by atoms with van der Waals surface area (Å²) < 4.78 is 13.7. The Morgan fingerprint density at radius 2 is 1.90 bits per heavy atom. The van der Waals surface area contributed by atoms with Crippen molar-refractivity contribution in [2.24, 2.45) is 0 Å². The first kappa shape index (κ1) is 15.3. The molecule has 2 N–H and O–H groups in total. The van der Waals surface area contributed by atoms with Crippen LogP contribution >= 0.6 is 11.6 Å². The summed E-state index contributed by atoms with van der Waals surface area (Å²) in [6.45, 7) is 4.73. The zero-order valence-electron chi connectivity index (χ0n) is 11.8. The molecule has 2 aromatic carbocycles. The highest BCUT2D eigenvalue weighted by atomic mass is 35.5. The van der Waals surface area contributed by atoms with Gasteiger partial charge in [0.1, 0.15) is 5.82 Å². The van der Waals surface area contributed by atoms with Crippen LogP contribution in [-0.4, -0.2) is 12.5 Å². The number of amides is 1. The van der Waals surface area contributed by atoms with Crippen LogP contribution in [-0.2, 0) is 0 Å². The van der Waals surface area contributed by atoms with Crippen LogP contribution in [0, 0.1) is 12.7 Å². The van der Waals surface area contributed by atoms with Crippen molar-refractivity contribution in [2.75, 3.05) is 17.2 Å². The van der Waals surface area contributed by atoms with Gasteiger partial charge in [0.25, 0.3) is 5.91 Å². The van der Waals surface area contributed by atoms with E-state index >= 15 is 0 Å². The van der Waals surface area contributed by atoms with Crippen LogP contribution in [0.5, 0.6) is 0 Å². The van der Waals surface area contributed by atoms with Crippen LogP contribution in [0.25, 0.3) is 0 Å². The van der Waals surface area contributed by atoms with Crippen molar-refractivity contribution in [3.05, 3.63) is 58.4 Å². The van der Waals surface area contributed by atoms with E-state index in [-0.39, 0.29) is 16.6 Å². The maximum Gasteiger partial charge on any atom is 0.255 e. The number of carbonyl (C=O) groups is 1. The molecule has 0 aliphatic rings. The Morgan fingerprint density at radius 1 is 1.19 bits per heavy atom. The van der Waals surface area contributed by atoms with E-state index in [0.717, 1.165) is 23.9 Å². The van der Waals surface area contributed by atoms with Crippen molar-refractivity contribution in [1.29, 1.82) is 0 Å². The summed E-state index contributed by atoms with van der Waals surface area (Å²) in [5, 5.41) is 6.03. The van der Waals surface area contributed by atoms with Crippen LogP contribution in [0.3, 0.4) is 0 Å². The maximum absolute atomic E-state index is 13.7. The van der Waals surface area contributed by atoms with Crippen LogP contribution < -0.4 is 10.6 Å². The predicted octanol–water partition coefficient (Wildman–Crippen LogP) is 4.47. The fourth-order valence-electron chi connectivity index (χ4n) is 1.98. The number of carbonyl (C=O) groups excluding carboxylic acids is 1. The summed E-state index contributed by atoms with van der Waals surface area (Å²) in [6, 6.07) is 9.44. The van der Waals surface area contributed by atoms with Crippen molar-refractivity contribution in [1.82, 2.24) is 0 Å². The largest absolute Gasteiger partial charge is 0.385 e. The molecule has 0 heterocycles. The highest BCUT2D eigenvalue weighted by molar-refractivity contribution is 6.30. The molecular weight excluding hydrogens is 291 g/mol. The van der Waals surface area contributed by atoms with E-state index in [9.17, 15) is 9.18 Å². The van der Waals surface area contributed by atoms with E-state index in [2.05, 4.69) is 10.6 Å². The van der Waals surface area contributed by atoms with E-state index < -0.39 is 5.82 Å². The van der Waals surface area contributed by atoms with Gasteiger partial charge in [0.2, 0.25) is 0 Å². The molecule has 0 aromatic heterocycles. The highest BCUT2D eigenvalue weighted by Crippen LogP contribution is 2.21. The van der Waals surface area contributed by atoms with Crippen molar-refractivity contribution in [2.45, 2.75) is 13.8 Å². The molecule has 0 spiro atoms. The molecule has 5 heteroatoms. The number of rotatable bonds is 4. The van der Waals surface area contributed by atoms with Gasteiger partial charge >= 0.3 is 0 Å². The Labute approximate surface area is 128 Å².